The molecule has 0 fully saturated rings. The number of hydrogen-bond donors (Lipinski definition) is 1. The average Bonchev–Trinajstić information content (AvgIpc) is 2.20. The van der Waals surface area contributed by atoms with Gasteiger partial charge in [-0.05, 0) is 25.0 Å². The molecule has 16 heavy (non-hydrogen) atoms. The molecule has 0 aromatic heterocycles. The van der Waals surface area contributed by atoms with Gasteiger partial charge >= 0.3 is 10.1 Å². The smallest absolute Gasteiger partial charge is 0.303 e. The van der Waals surface area contributed by atoms with E-state index in [-0.39, 0.29) is 0 Å². The highest BCUT2D eigenvalue weighted by molar-refractivity contribution is 7.86. The largest absolute Gasteiger partial charge is 0.472 e. The lowest BCUT2D eigenvalue weighted by Gasteiger charge is -2.14. The van der Waals surface area contributed by atoms with Crippen molar-refractivity contribution in [2.75, 3.05) is 0 Å². The van der Waals surface area contributed by atoms with Crippen LogP contribution in [0.4, 0.5) is 0 Å². The molecular weight excluding hydrogens is 228 g/mol. The van der Waals surface area contributed by atoms with Gasteiger partial charge in [0, 0.05) is 0 Å². The minimum Gasteiger partial charge on any atom is -0.472 e. The Bertz CT molecular complexity index is 465. The summed E-state index contributed by atoms with van der Waals surface area (Å²) < 4.78 is 35.6. The molecule has 1 aromatic rings. The van der Waals surface area contributed by atoms with Gasteiger partial charge in [0.1, 0.15) is 5.75 Å². The van der Waals surface area contributed by atoms with Crippen LogP contribution >= 0.6 is 0 Å². The summed E-state index contributed by atoms with van der Waals surface area (Å²) in [6, 6.07) is 7.02. The zero-order valence-electron chi connectivity index (χ0n) is 8.96. The molecule has 0 spiro atoms. The average molecular weight is 242 g/mol. The maximum Gasteiger partial charge on any atom is 0.303 e. The summed E-state index contributed by atoms with van der Waals surface area (Å²) in [5.74, 6) is 0.438. The van der Waals surface area contributed by atoms with Crippen LogP contribution in [0.3, 0.4) is 0 Å². The second-order valence-corrected chi connectivity index (χ2v) is 4.99. The molecular formula is C11H14O4S. The van der Waals surface area contributed by atoms with Gasteiger partial charge in [0.15, 0.2) is 0 Å². The van der Waals surface area contributed by atoms with Crippen LogP contribution in [0.2, 0.25) is 0 Å². The van der Waals surface area contributed by atoms with Gasteiger partial charge in [0.25, 0.3) is 0 Å². The standard InChI is InChI=1S/C11H14O4S/c1-3-6-10-7-4-5-8-11(10)15-9(2)16(12,13)14/h3-5,7-9H,1,6H2,2H3,(H,12,13,14). The zero-order chi connectivity index (χ0) is 12.2. The maximum atomic E-state index is 10.8. The maximum absolute atomic E-state index is 10.8. The Morgan fingerprint density at radius 3 is 2.69 bits per heavy atom. The second kappa shape index (κ2) is 5.14. The van der Waals surface area contributed by atoms with E-state index in [2.05, 4.69) is 6.58 Å². The van der Waals surface area contributed by atoms with E-state index in [1.807, 2.05) is 12.1 Å². The monoisotopic (exact) mass is 242 g/mol. The Balaban J connectivity index is 2.92. The van der Waals surface area contributed by atoms with E-state index in [4.69, 9.17) is 9.29 Å². The summed E-state index contributed by atoms with van der Waals surface area (Å²) in [6.45, 7) is 4.88. The number of ether oxygens (including phenoxy) is 1. The summed E-state index contributed by atoms with van der Waals surface area (Å²) in [5.41, 5.74) is -0.452. The summed E-state index contributed by atoms with van der Waals surface area (Å²) in [7, 11) is -4.18. The van der Waals surface area contributed by atoms with Gasteiger partial charge < -0.3 is 4.74 Å². The third kappa shape index (κ3) is 3.36. The quantitative estimate of drug-likeness (QED) is 0.634. The first-order valence-corrected chi connectivity index (χ1v) is 6.27. The lowest BCUT2D eigenvalue weighted by molar-refractivity contribution is 0.272. The first-order chi connectivity index (χ1) is 7.45. The topological polar surface area (TPSA) is 63.6 Å². The molecule has 0 saturated heterocycles. The van der Waals surface area contributed by atoms with E-state index in [0.717, 1.165) is 5.56 Å². The minimum absolute atomic E-state index is 0.438. The van der Waals surface area contributed by atoms with Gasteiger partial charge in [0.2, 0.25) is 5.44 Å². The van der Waals surface area contributed by atoms with Crippen LogP contribution in [0, 0.1) is 0 Å². The van der Waals surface area contributed by atoms with Crippen molar-refractivity contribution in [3.63, 3.8) is 0 Å². The van der Waals surface area contributed by atoms with Crippen molar-refractivity contribution in [2.45, 2.75) is 18.8 Å². The predicted octanol–water partition coefficient (Wildman–Crippen LogP) is 2.03. The molecule has 0 aliphatic heterocycles. The van der Waals surface area contributed by atoms with Gasteiger partial charge in [-0.25, -0.2) is 0 Å². The molecule has 0 amide bonds. The van der Waals surface area contributed by atoms with Crippen molar-refractivity contribution >= 4 is 10.1 Å². The fraction of sp³-hybridized carbons (Fsp3) is 0.273. The number of para-hydroxylation sites is 1. The molecule has 1 aromatic carbocycles. The number of allylic oxidation sites excluding steroid dienone is 1. The molecule has 4 nitrogen and oxygen atoms in total. The van der Waals surface area contributed by atoms with Crippen molar-refractivity contribution in [3.05, 3.63) is 42.5 Å². The van der Waals surface area contributed by atoms with E-state index >= 15 is 0 Å². The highest BCUT2D eigenvalue weighted by atomic mass is 32.2. The van der Waals surface area contributed by atoms with Gasteiger partial charge in [-0.1, -0.05) is 24.3 Å². The van der Waals surface area contributed by atoms with E-state index in [0.29, 0.717) is 12.2 Å². The van der Waals surface area contributed by atoms with Crippen LogP contribution < -0.4 is 4.74 Å². The molecule has 0 heterocycles. The normalized spacial score (nSPS) is 13.1. The first kappa shape index (κ1) is 12.7. The summed E-state index contributed by atoms with van der Waals surface area (Å²) in [4.78, 5) is 0. The number of rotatable bonds is 5. The molecule has 0 bridgehead atoms. The molecule has 0 aliphatic rings. The minimum atomic E-state index is -4.18. The molecule has 0 aliphatic carbocycles. The van der Waals surface area contributed by atoms with Crippen LogP contribution in [0.1, 0.15) is 12.5 Å². The van der Waals surface area contributed by atoms with Gasteiger partial charge in [-0.3, -0.25) is 4.55 Å². The van der Waals surface area contributed by atoms with Gasteiger partial charge in [-0.2, -0.15) is 8.42 Å². The molecule has 5 heteroatoms. The van der Waals surface area contributed by atoms with Gasteiger partial charge in [0.05, 0.1) is 0 Å². The van der Waals surface area contributed by atoms with E-state index in [1.165, 1.54) is 6.92 Å². The fourth-order valence-corrected chi connectivity index (χ4v) is 1.41. The molecule has 1 atom stereocenters. The van der Waals surface area contributed by atoms with Crippen LogP contribution in [0.15, 0.2) is 36.9 Å². The molecule has 1 unspecified atom stereocenters. The van der Waals surface area contributed by atoms with E-state index in [9.17, 15) is 8.42 Å². The Hall–Kier alpha value is -1.33. The zero-order valence-corrected chi connectivity index (χ0v) is 9.78. The van der Waals surface area contributed by atoms with Crippen molar-refractivity contribution in [3.8, 4) is 5.75 Å². The Kier molecular flexibility index (Phi) is 4.09. The lowest BCUT2D eigenvalue weighted by Crippen LogP contribution is -2.23. The Morgan fingerprint density at radius 2 is 2.12 bits per heavy atom. The van der Waals surface area contributed by atoms with Crippen molar-refractivity contribution in [1.29, 1.82) is 0 Å². The van der Waals surface area contributed by atoms with E-state index < -0.39 is 15.6 Å². The third-order valence-electron chi connectivity index (χ3n) is 2.05. The molecule has 0 saturated carbocycles. The first-order valence-electron chi connectivity index (χ1n) is 4.77. The third-order valence-corrected chi connectivity index (χ3v) is 2.98. The van der Waals surface area contributed by atoms with Crippen LogP contribution in [0.5, 0.6) is 5.75 Å². The second-order valence-electron chi connectivity index (χ2n) is 3.30. The van der Waals surface area contributed by atoms with Crippen molar-refractivity contribution in [2.24, 2.45) is 0 Å². The Morgan fingerprint density at radius 1 is 1.50 bits per heavy atom. The molecule has 88 valence electrons. The fourth-order valence-electron chi connectivity index (χ4n) is 1.18. The van der Waals surface area contributed by atoms with E-state index in [1.54, 1.807) is 18.2 Å². The molecule has 1 rings (SSSR count). The SMILES string of the molecule is C=CCc1ccccc1OC(C)S(=O)(=O)O. The van der Waals surface area contributed by atoms with Crippen LogP contribution in [-0.2, 0) is 16.5 Å². The van der Waals surface area contributed by atoms with Gasteiger partial charge in [-0.15, -0.1) is 6.58 Å². The summed E-state index contributed by atoms with van der Waals surface area (Å²) >= 11 is 0. The predicted molar refractivity (Wildman–Crippen MR) is 62.0 cm³/mol. The lowest BCUT2D eigenvalue weighted by atomic mass is 10.1. The Labute approximate surface area is 95.3 Å². The van der Waals surface area contributed by atoms with Crippen LogP contribution in [0.25, 0.3) is 0 Å². The summed E-state index contributed by atoms with van der Waals surface area (Å²) in [6.07, 6.45) is 2.27. The highest BCUT2D eigenvalue weighted by Crippen LogP contribution is 2.21. The van der Waals surface area contributed by atoms with Crippen molar-refractivity contribution < 1.29 is 17.7 Å². The molecule has 1 N–H and O–H groups in total. The molecule has 0 radical (unpaired) electrons. The highest BCUT2D eigenvalue weighted by Gasteiger charge is 2.19. The number of hydrogen-bond acceptors (Lipinski definition) is 3. The number of benzene rings is 1. The van der Waals surface area contributed by atoms with Crippen LogP contribution in [-0.4, -0.2) is 18.4 Å². The van der Waals surface area contributed by atoms with Crippen molar-refractivity contribution in [1.82, 2.24) is 0 Å². The summed E-state index contributed by atoms with van der Waals surface area (Å²) in [5, 5.41) is 0.